The quantitative estimate of drug-likeness (QED) is 0.926. The minimum Gasteiger partial charge on any atom is -0.324 e. The normalized spacial score (nSPS) is 12.8. The molecular weight excluding hydrogens is 285 g/mol. The molecule has 0 aliphatic carbocycles. The van der Waals surface area contributed by atoms with Gasteiger partial charge in [-0.1, -0.05) is 0 Å². The molecule has 5 heteroatoms. The zero-order chi connectivity index (χ0) is 12.6. The SMILES string of the molecule is Cc1cc(-n2cc(Br)cn2)c([C@H](C)N)cc1F. The molecule has 0 radical (unpaired) electrons. The Bertz CT molecular complexity index is 549. The van der Waals surface area contributed by atoms with Gasteiger partial charge in [0.25, 0.3) is 0 Å². The maximum atomic E-state index is 13.5. The fraction of sp³-hybridized carbons (Fsp3) is 0.250. The van der Waals surface area contributed by atoms with E-state index in [1.807, 2.05) is 13.1 Å². The van der Waals surface area contributed by atoms with E-state index >= 15 is 0 Å². The molecule has 0 spiro atoms. The number of hydrogen-bond donors (Lipinski definition) is 1. The summed E-state index contributed by atoms with van der Waals surface area (Å²) < 4.78 is 16.1. The average Bonchev–Trinajstić information content (AvgIpc) is 2.68. The summed E-state index contributed by atoms with van der Waals surface area (Å²) in [6, 6.07) is 2.99. The number of hydrogen-bond acceptors (Lipinski definition) is 2. The van der Waals surface area contributed by atoms with E-state index in [4.69, 9.17) is 5.73 Å². The third-order valence-corrected chi connectivity index (χ3v) is 3.01. The molecule has 0 saturated carbocycles. The Morgan fingerprint density at radius 3 is 2.71 bits per heavy atom. The highest BCUT2D eigenvalue weighted by Crippen LogP contribution is 2.24. The van der Waals surface area contributed by atoms with Gasteiger partial charge in [0.1, 0.15) is 5.82 Å². The Balaban J connectivity index is 2.63. The van der Waals surface area contributed by atoms with Gasteiger partial charge in [0.15, 0.2) is 0 Å². The van der Waals surface area contributed by atoms with Crippen LogP contribution in [-0.2, 0) is 0 Å². The van der Waals surface area contributed by atoms with Gasteiger partial charge in [0.2, 0.25) is 0 Å². The molecule has 1 aromatic carbocycles. The van der Waals surface area contributed by atoms with Crippen LogP contribution in [0, 0.1) is 12.7 Å². The first-order valence-corrected chi connectivity index (χ1v) is 6.04. The molecule has 1 heterocycles. The zero-order valence-electron chi connectivity index (χ0n) is 9.61. The first-order valence-electron chi connectivity index (χ1n) is 5.25. The Morgan fingerprint density at radius 2 is 2.18 bits per heavy atom. The van der Waals surface area contributed by atoms with Crippen molar-refractivity contribution in [1.29, 1.82) is 0 Å². The molecule has 17 heavy (non-hydrogen) atoms. The number of halogens is 2. The fourth-order valence-corrected chi connectivity index (χ4v) is 1.96. The monoisotopic (exact) mass is 297 g/mol. The molecule has 90 valence electrons. The Labute approximate surface area is 108 Å². The second-order valence-corrected chi connectivity index (χ2v) is 4.97. The summed E-state index contributed by atoms with van der Waals surface area (Å²) >= 11 is 3.34. The minimum atomic E-state index is -0.247. The predicted octanol–water partition coefficient (Wildman–Crippen LogP) is 3.10. The van der Waals surface area contributed by atoms with Crippen LogP contribution in [0.2, 0.25) is 0 Å². The highest BCUT2D eigenvalue weighted by molar-refractivity contribution is 9.10. The number of rotatable bonds is 2. The van der Waals surface area contributed by atoms with Gasteiger partial charge >= 0.3 is 0 Å². The van der Waals surface area contributed by atoms with Gasteiger partial charge in [-0.2, -0.15) is 5.10 Å². The van der Waals surface area contributed by atoms with Crippen LogP contribution in [0.1, 0.15) is 24.1 Å². The van der Waals surface area contributed by atoms with Crippen molar-refractivity contribution in [2.24, 2.45) is 5.73 Å². The highest BCUT2D eigenvalue weighted by atomic mass is 79.9. The van der Waals surface area contributed by atoms with Crippen LogP contribution in [0.25, 0.3) is 5.69 Å². The van der Waals surface area contributed by atoms with Crippen molar-refractivity contribution in [2.45, 2.75) is 19.9 Å². The van der Waals surface area contributed by atoms with E-state index in [1.165, 1.54) is 6.07 Å². The number of benzene rings is 1. The number of nitrogens with two attached hydrogens (primary N) is 1. The third kappa shape index (κ3) is 2.40. The van der Waals surface area contributed by atoms with E-state index in [9.17, 15) is 4.39 Å². The number of aryl methyl sites for hydroxylation is 1. The highest BCUT2D eigenvalue weighted by Gasteiger charge is 2.13. The summed E-state index contributed by atoms with van der Waals surface area (Å²) in [5.74, 6) is -0.243. The molecule has 0 fully saturated rings. The minimum absolute atomic E-state index is 0.243. The molecule has 0 aliphatic heterocycles. The van der Waals surface area contributed by atoms with E-state index in [2.05, 4.69) is 21.0 Å². The molecule has 1 aromatic heterocycles. The molecule has 2 aromatic rings. The molecule has 0 unspecified atom stereocenters. The zero-order valence-corrected chi connectivity index (χ0v) is 11.2. The van der Waals surface area contributed by atoms with Gasteiger partial charge in [-0.05, 0) is 53.0 Å². The van der Waals surface area contributed by atoms with E-state index in [1.54, 1.807) is 23.9 Å². The van der Waals surface area contributed by atoms with Crippen LogP contribution in [-0.4, -0.2) is 9.78 Å². The van der Waals surface area contributed by atoms with Crippen molar-refractivity contribution in [3.63, 3.8) is 0 Å². The lowest BCUT2D eigenvalue weighted by Gasteiger charge is -2.14. The lowest BCUT2D eigenvalue weighted by molar-refractivity contribution is 0.611. The number of nitrogens with zero attached hydrogens (tertiary/aromatic N) is 2. The maximum Gasteiger partial charge on any atom is 0.126 e. The molecule has 1 atom stereocenters. The lowest BCUT2D eigenvalue weighted by atomic mass is 10.0. The summed E-state index contributed by atoms with van der Waals surface area (Å²) in [6.07, 6.45) is 3.50. The standard InChI is InChI=1S/C12H13BrFN3/c1-7-3-12(17-6-9(13)5-16-17)10(8(2)15)4-11(7)14/h3-6,8H,15H2,1-2H3/t8-/m0/s1. The van der Waals surface area contributed by atoms with Crippen LogP contribution in [0.4, 0.5) is 4.39 Å². The predicted molar refractivity (Wildman–Crippen MR) is 68.6 cm³/mol. The fourth-order valence-electron chi connectivity index (χ4n) is 1.68. The molecule has 2 N–H and O–H groups in total. The van der Waals surface area contributed by atoms with Gasteiger partial charge in [0.05, 0.1) is 16.4 Å². The molecule has 0 bridgehead atoms. The summed E-state index contributed by atoms with van der Waals surface area (Å²) in [5.41, 5.74) is 7.99. The van der Waals surface area contributed by atoms with Crippen molar-refractivity contribution >= 4 is 15.9 Å². The van der Waals surface area contributed by atoms with Crippen LogP contribution in [0.3, 0.4) is 0 Å². The molecule has 0 amide bonds. The van der Waals surface area contributed by atoms with Gasteiger partial charge in [-0.3, -0.25) is 0 Å². The van der Waals surface area contributed by atoms with Crippen LogP contribution >= 0.6 is 15.9 Å². The van der Waals surface area contributed by atoms with Crippen molar-refractivity contribution in [1.82, 2.24) is 9.78 Å². The van der Waals surface area contributed by atoms with Crippen molar-refractivity contribution in [2.75, 3.05) is 0 Å². The van der Waals surface area contributed by atoms with Crippen molar-refractivity contribution < 1.29 is 4.39 Å². The van der Waals surface area contributed by atoms with Gasteiger partial charge in [-0.15, -0.1) is 0 Å². The van der Waals surface area contributed by atoms with E-state index in [-0.39, 0.29) is 11.9 Å². The molecule has 0 saturated heterocycles. The Kier molecular flexibility index (Phi) is 3.31. The molecule has 3 nitrogen and oxygen atoms in total. The van der Waals surface area contributed by atoms with Gasteiger partial charge in [0, 0.05) is 12.2 Å². The average molecular weight is 298 g/mol. The number of aromatic nitrogens is 2. The first-order chi connectivity index (χ1) is 7.99. The summed E-state index contributed by atoms with van der Waals surface area (Å²) in [7, 11) is 0. The smallest absolute Gasteiger partial charge is 0.126 e. The molecule has 2 rings (SSSR count). The van der Waals surface area contributed by atoms with E-state index in [0.29, 0.717) is 5.56 Å². The van der Waals surface area contributed by atoms with Gasteiger partial charge in [-0.25, -0.2) is 9.07 Å². The Hall–Kier alpha value is -1.20. The van der Waals surface area contributed by atoms with Crippen LogP contribution < -0.4 is 5.73 Å². The van der Waals surface area contributed by atoms with Crippen molar-refractivity contribution in [3.05, 3.63) is 45.9 Å². The largest absolute Gasteiger partial charge is 0.324 e. The van der Waals surface area contributed by atoms with Crippen molar-refractivity contribution in [3.8, 4) is 5.69 Å². The molecular formula is C12H13BrFN3. The van der Waals surface area contributed by atoms with Gasteiger partial charge < -0.3 is 5.73 Å². The lowest BCUT2D eigenvalue weighted by Crippen LogP contribution is -2.11. The summed E-state index contributed by atoms with van der Waals surface area (Å²) in [4.78, 5) is 0. The third-order valence-electron chi connectivity index (χ3n) is 2.60. The summed E-state index contributed by atoms with van der Waals surface area (Å²) in [6.45, 7) is 3.55. The van der Waals surface area contributed by atoms with E-state index < -0.39 is 0 Å². The maximum absolute atomic E-state index is 13.5. The topological polar surface area (TPSA) is 43.8 Å². The molecule has 0 aliphatic rings. The second kappa shape index (κ2) is 4.58. The van der Waals surface area contributed by atoms with Crippen LogP contribution in [0.15, 0.2) is 29.0 Å². The second-order valence-electron chi connectivity index (χ2n) is 4.05. The summed E-state index contributed by atoms with van der Waals surface area (Å²) in [5, 5.41) is 4.19. The Morgan fingerprint density at radius 1 is 1.47 bits per heavy atom. The van der Waals surface area contributed by atoms with E-state index in [0.717, 1.165) is 15.7 Å². The first kappa shape index (κ1) is 12.3. The van der Waals surface area contributed by atoms with Crippen LogP contribution in [0.5, 0.6) is 0 Å².